The smallest absolute Gasteiger partial charge is 0.397 e. The van der Waals surface area contributed by atoms with Crippen molar-refractivity contribution >= 4 is 20.8 Å². The Morgan fingerprint density at radius 3 is 1.68 bits per heavy atom. The molecule has 19 nitrogen and oxygen atoms in total. The van der Waals surface area contributed by atoms with E-state index in [2.05, 4.69) is 10.8 Å². The van der Waals surface area contributed by atoms with E-state index >= 15 is 0 Å². The first-order valence-electron chi connectivity index (χ1n) is 13.5. The molecule has 3 aliphatic rings. The normalized spacial score (nSPS) is 42.2. The van der Waals surface area contributed by atoms with Crippen LogP contribution < -0.4 is 0 Å². The highest BCUT2D eigenvalue weighted by Crippen LogP contribution is 2.32. The molecule has 14 atom stereocenters. The van der Waals surface area contributed by atoms with Gasteiger partial charge in [-0.25, -0.2) is 8.37 Å². The zero-order valence-electron chi connectivity index (χ0n) is 23.7. The Morgan fingerprint density at radius 1 is 0.682 bits per heavy atom. The van der Waals surface area contributed by atoms with Crippen molar-refractivity contribution < 1.29 is 88.6 Å². The summed E-state index contributed by atoms with van der Waals surface area (Å²) < 4.78 is 100. The molecule has 0 aromatic heterocycles. The second-order valence-electron chi connectivity index (χ2n) is 10.9. The van der Waals surface area contributed by atoms with Crippen molar-refractivity contribution in [2.75, 3.05) is 33.0 Å². The zero-order valence-corrected chi connectivity index (χ0v) is 25.3. The fraction of sp³-hybridized carbons (Fsp3) is 0.913. The summed E-state index contributed by atoms with van der Waals surface area (Å²) in [6.07, 6.45) is -16.8. The predicted octanol–water partition coefficient (Wildman–Crippen LogP) is -4.09. The molecule has 0 saturated carbocycles. The molecule has 3 saturated heterocycles. The minimum atomic E-state index is -5.11. The van der Waals surface area contributed by atoms with Gasteiger partial charge < -0.3 is 54.3 Å². The topological polar surface area (TPSA) is 295 Å². The summed E-state index contributed by atoms with van der Waals surface area (Å²) in [6.45, 7) is 4.22. The molecule has 3 rings (SSSR count). The lowest BCUT2D eigenvalue weighted by Gasteiger charge is -2.44. The Labute approximate surface area is 253 Å². The SMILES string of the molecule is C=C1OC(CO)[C@H](O)[C@@H](COC[C@@H]2OC(C)[C@@H](COC[C@@H]3OC(C)[C@@H](O)[C@H](OS(=O)(=O)O)C3O)[C@H](OS(=O)(=O)O)C2O)C1O. The quantitative estimate of drug-likeness (QED) is 0.0855. The molecule has 3 heterocycles. The molecule has 6 unspecified atom stereocenters. The van der Waals surface area contributed by atoms with E-state index in [1.165, 1.54) is 13.8 Å². The number of hydrogen-bond donors (Lipinski definition) is 8. The van der Waals surface area contributed by atoms with Gasteiger partial charge in [0.25, 0.3) is 0 Å². The maximum atomic E-state index is 11.6. The van der Waals surface area contributed by atoms with Crippen LogP contribution in [-0.4, -0.2) is 163 Å². The second-order valence-corrected chi connectivity index (χ2v) is 12.9. The fourth-order valence-corrected chi connectivity index (χ4v) is 6.39. The van der Waals surface area contributed by atoms with E-state index in [0.717, 1.165) is 0 Å². The van der Waals surface area contributed by atoms with E-state index < -0.39 is 132 Å². The first-order chi connectivity index (χ1) is 20.3. The van der Waals surface area contributed by atoms with Gasteiger partial charge in [-0.2, -0.15) is 16.8 Å². The first-order valence-corrected chi connectivity index (χ1v) is 16.2. The van der Waals surface area contributed by atoms with Crippen LogP contribution in [0.15, 0.2) is 12.3 Å². The molecule has 0 amide bonds. The minimum absolute atomic E-state index is 0.0896. The summed E-state index contributed by atoms with van der Waals surface area (Å²) in [5, 5.41) is 61.6. The molecular weight excluding hydrogens is 644 g/mol. The highest BCUT2D eigenvalue weighted by Gasteiger charge is 2.49. The van der Waals surface area contributed by atoms with Crippen molar-refractivity contribution in [3.63, 3.8) is 0 Å². The van der Waals surface area contributed by atoms with E-state index in [-0.39, 0.29) is 12.4 Å². The van der Waals surface area contributed by atoms with Crippen LogP contribution in [-0.2, 0) is 52.8 Å². The number of ether oxygens (including phenoxy) is 5. The van der Waals surface area contributed by atoms with Crippen molar-refractivity contribution in [2.24, 2.45) is 11.8 Å². The third kappa shape index (κ3) is 9.47. The fourth-order valence-electron chi connectivity index (χ4n) is 5.35. The van der Waals surface area contributed by atoms with Crippen LogP contribution in [0.4, 0.5) is 0 Å². The molecule has 3 fully saturated rings. The maximum Gasteiger partial charge on any atom is 0.397 e. The third-order valence-electron chi connectivity index (χ3n) is 7.74. The van der Waals surface area contributed by atoms with Crippen LogP contribution in [0.1, 0.15) is 13.8 Å². The Bertz CT molecular complexity index is 1170. The number of aliphatic hydroxyl groups is 6. The Morgan fingerprint density at radius 2 is 1.16 bits per heavy atom. The van der Waals surface area contributed by atoms with Crippen LogP contribution in [0.5, 0.6) is 0 Å². The highest BCUT2D eigenvalue weighted by molar-refractivity contribution is 7.81. The Balaban J connectivity index is 1.63. The van der Waals surface area contributed by atoms with Gasteiger partial charge in [-0.05, 0) is 13.8 Å². The third-order valence-corrected chi connectivity index (χ3v) is 8.68. The van der Waals surface area contributed by atoms with Gasteiger partial charge in [0.15, 0.2) is 0 Å². The van der Waals surface area contributed by atoms with E-state index in [1.54, 1.807) is 0 Å². The Kier molecular flexibility index (Phi) is 12.9. The first kappa shape index (κ1) is 37.3. The second kappa shape index (κ2) is 15.2. The van der Waals surface area contributed by atoms with Crippen LogP contribution in [0.25, 0.3) is 0 Å². The molecule has 0 aromatic carbocycles. The lowest BCUT2D eigenvalue weighted by atomic mass is 9.87. The minimum Gasteiger partial charge on any atom is -0.487 e. The molecule has 0 aliphatic carbocycles. The van der Waals surface area contributed by atoms with Crippen LogP contribution in [0.2, 0.25) is 0 Å². The Hall–Kier alpha value is -1.12. The molecule has 0 spiro atoms. The van der Waals surface area contributed by atoms with Crippen molar-refractivity contribution in [1.29, 1.82) is 0 Å². The van der Waals surface area contributed by atoms with E-state index in [4.69, 9.17) is 32.4 Å². The van der Waals surface area contributed by atoms with Gasteiger partial charge in [0.05, 0.1) is 45.2 Å². The van der Waals surface area contributed by atoms with Crippen LogP contribution in [0.3, 0.4) is 0 Å². The molecular formula is C23H40O19S2. The van der Waals surface area contributed by atoms with Crippen LogP contribution in [0, 0.1) is 11.8 Å². The standard InChI is InChI=1S/C23H40O19S2/c1-9-12(5-36-8-16-21(29)23(42-44(33,34)35)18(26)11(3)40-16)22(41-43(30,31)32)20(28)15(38-9)7-37-6-13-17(25)10(2)39-14(4-24)19(13)27/h9,11-29H,2,4-8H2,1,3H3,(H,30,31,32)(H,33,34,35)/t9?,11?,12-,13+,14?,15+,16+,17?,18-,19-,20?,21?,22+,23+/m1/s1. The largest absolute Gasteiger partial charge is 0.487 e. The lowest BCUT2D eigenvalue weighted by molar-refractivity contribution is -0.233. The van der Waals surface area contributed by atoms with E-state index in [1.807, 2.05) is 0 Å². The molecule has 0 bridgehead atoms. The summed E-state index contributed by atoms with van der Waals surface area (Å²) in [6, 6.07) is 0. The maximum absolute atomic E-state index is 11.6. The summed E-state index contributed by atoms with van der Waals surface area (Å²) in [5.41, 5.74) is 0. The summed E-state index contributed by atoms with van der Waals surface area (Å²) in [7, 11) is -10.2. The molecule has 0 aromatic rings. The van der Waals surface area contributed by atoms with Gasteiger partial charge in [0, 0.05) is 11.8 Å². The van der Waals surface area contributed by atoms with Gasteiger partial charge in [0.2, 0.25) is 0 Å². The van der Waals surface area contributed by atoms with Crippen molar-refractivity contribution in [3.8, 4) is 0 Å². The van der Waals surface area contributed by atoms with Crippen molar-refractivity contribution in [2.45, 2.75) is 87.1 Å². The summed E-state index contributed by atoms with van der Waals surface area (Å²) >= 11 is 0. The molecule has 21 heteroatoms. The van der Waals surface area contributed by atoms with Gasteiger partial charge in [0.1, 0.15) is 66.8 Å². The van der Waals surface area contributed by atoms with E-state index in [0.29, 0.717) is 0 Å². The van der Waals surface area contributed by atoms with Crippen molar-refractivity contribution in [3.05, 3.63) is 12.3 Å². The van der Waals surface area contributed by atoms with E-state index in [9.17, 15) is 52.0 Å². The zero-order chi connectivity index (χ0) is 33.1. The number of hydrogen-bond acceptors (Lipinski definition) is 17. The van der Waals surface area contributed by atoms with Gasteiger partial charge in [-0.3, -0.25) is 9.11 Å². The highest BCUT2D eigenvalue weighted by atomic mass is 32.3. The predicted molar refractivity (Wildman–Crippen MR) is 141 cm³/mol. The molecule has 0 radical (unpaired) electrons. The number of aliphatic hydroxyl groups excluding tert-OH is 6. The number of rotatable bonds is 13. The monoisotopic (exact) mass is 684 g/mol. The van der Waals surface area contributed by atoms with Gasteiger partial charge in [-0.15, -0.1) is 0 Å². The lowest BCUT2D eigenvalue weighted by Crippen LogP contribution is -2.60. The molecule has 44 heavy (non-hydrogen) atoms. The van der Waals surface area contributed by atoms with Crippen LogP contribution >= 0.6 is 0 Å². The average molecular weight is 685 g/mol. The summed E-state index contributed by atoms with van der Waals surface area (Å²) in [5.74, 6) is -2.13. The molecule has 8 N–H and O–H groups in total. The molecule has 3 aliphatic heterocycles. The average Bonchev–Trinajstić information content (AvgIpc) is 2.91. The summed E-state index contributed by atoms with van der Waals surface area (Å²) in [4.78, 5) is 0. The van der Waals surface area contributed by atoms with Gasteiger partial charge in [-0.1, -0.05) is 6.58 Å². The van der Waals surface area contributed by atoms with Crippen molar-refractivity contribution in [1.82, 2.24) is 0 Å². The molecule has 258 valence electrons. The van der Waals surface area contributed by atoms with Gasteiger partial charge >= 0.3 is 20.8 Å².